The number of pyridine rings is 1. The highest BCUT2D eigenvalue weighted by Crippen LogP contribution is 2.29. The maximum atomic E-state index is 13.6. The first-order chi connectivity index (χ1) is 14.1. The minimum absolute atomic E-state index is 0.0223. The van der Waals surface area contributed by atoms with Gasteiger partial charge in [-0.05, 0) is 45.0 Å². The summed E-state index contributed by atoms with van der Waals surface area (Å²) in [5, 5.41) is 0.869. The molecule has 0 radical (unpaired) electrons. The summed E-state index contributed by atoms with van der Waals surface area (Å²) < 4.78 is 11.2. The number of ether oxygens (including phenoxy) is 2. The number of aromatic nitrogens is 1. The van der Waals surface area contributed by atoms with Crippen LogP contribution < -0.4 is 4.74 Å². The molecule has 0 aliphatic carbocycles. The van der Waals surface area contributed by atoms with Crippen LogP contribution in [-0.4, -0.2) is 47.7 Å². The first kappa shape index (κ1) is 19.4. The molecule has 1 aromatic heterocycles. The number of nitrogens with zero attached hydrogens (tertiary/aromatic N) is 2. The minimum atomic E-state index is 0.0223. The van der Waals surface area contributed by atoms with Gasteiger partial charge in [0.15, 0.2) is 0 Å². The number of para-hydroxylation sites is 1. The van der Waals surface area contributed by atoms with E-state index in [1.54, 1.807) is 0 Å². The second kappa shape index (κ2) is 8.21. The van der Waals surface area contributed by atoms with Crippen LogP contribution in [0.4, 0.5) is 0 Å². The molecule has 0 spiro atoms. The van der Waals surface area contributed by atoms with Gasteiger partial charge in [-0.2, -0.15) is 0 Å². The van der Waals surface area contributed by atoms with Crippen LogP contribution in [0, 0.1) is 0 Å². The molecule has 1 saturated heterocycles. The number of hydrogen-bond acceptors (Lipinski definition) is 4. The molecule has 2 aromatic carbocycles. The van der Waals surface area contributed by atoms with E-state index in [0.717, 1.165) is 27.9 Å². The van der Waals surface area contributed by atoms with Gasteiger partial charge in [-0.1, -0.05) is 30.3 Å². The zero-order valence-corrected chi connectivity index (χ0v) is 17.1. The molecule has 1 aliphatic rings. The third-order valence-corrected chi connectivity index (χ3v) is 5.29. The molecule has 29 heavy (non-hydrogen) atoms. The first-order valence-electron chi connectivity index (χ1n) is 10.1. The van der Waals surface area contributed by atoms with Crippen LogP contribution in [0.15, 0.2) is 54.6 Å². The molecule has 150 valence electrons. The topological polar surface area (TPSA) is 51.7 Å². The van der Waals surface area contributed by atoms with Gasteiger partial charge >= 0.3 is 0 Å². The van der Waals surface area contributed by atoms with Gasteiger partial charge in [-0.15, -0.1) is 0 Å². The number of carbonyl (C=O) groups excluding carboxylic acids is 1. The predicted molar refractivity (Wildman–Crippen MR) is 114 cm³/mol. The molecule has 0 N–H and O–H groups in total. The summed E-state index contributed by atoms with van der Waals surface area (Å²) in [5.74, 6) is 0.817. The molecule has 0 bridgehead atoms. The highest BCUT2D eigenvalue weighted by Gasteiger charge is 2.31. The summed E-state index contributed by atoms with van der Waals surface area (Å²) in [6.07, 6.45) is 0. The van der Waals surface area contributed by atoms with Crippen molar-refractivity contribution in [3.05, 3.63) is 60.2 Å². The van der Waals surface area contributed by atoms with Gasteiger partial charge < -0.3 is 14.4 Å². The third kappa shape index (κ3) is 3.83. The summed E-state index contributed by atoms with van der Waals surface area (Å²) in [4.78, 5) is 20.4. The van der Waals surface area contributed by atoms with E-state index in [9.17, 15) is 4.79 Å². The molecule has 1 amide bonds. The predicted octanol–water partition coefficient (Wildman–Crippen LogP) is 4.55. The molecule has 4 rings (SSSR count). The second-order valence-electron chi connectivity index (χ2n) is 7.48. The SMILES string of the molecule is CCOc1cccc(-c2cc(C(=O)N3[C@@H](C)COC[C@@H]3C)c3ccccc3n2)c1. The van der Waals surface area contributed by atoms with Crippen molar-refractivity contribution in [3.63, 3.8) is 0 Å². The normalized spacial score (nSPS) is 19.3. The molecule has 1 fully saturated rings. The second-order valence-corrected chi connectivity index (χ2v) is 7.48. The molecule has 3 aromatic rings. The van der Waals surface area contributed by atoms with E-state index in [1.807, 2.05) is 80.3 Å². The van der Waals surface area contributed by atoms with Crippen molar-refractivity contribution in [2.24, 2.45) is 0 Å². The summed E-state index contributed by atoms with van der Waals surface area (Å²) >= 11 is 0. The van der Waals surface area contributed by atoms with Crippen molar-refractivity contribution in [3.8, 4) is 17.0 Å². The number of rotatable bonds is 4. The average molecular weight is 390 g/mol. The van der Waals surface area contributed by atoms with E-state index >= 15 is 0 Å². The van der Waals surface area contributed by atoms with E-state index in [2.05, 4.69) is 0 Å². The van der Waals surface area contributed by atoms with Crippen molar-refractivity contribution >= 4 is 16.8 Å². The molecular formula is C24H26N2O3. The summed E-state index contributed by atoms with van der Waals surface area (Å²) in [6.45, 7) is 7.74. The summed E-state index contributed by atoms with van der Waals surface area (Å²) in [7, 11) is 0. The van der Waals surface area contributed by atoms with Crippen LogP contribution in [0.5, 0.6) is 5.75 Å². The molecule has 2 heterocycles. The third-order valence-electron chi connectivity index (χ3n) is 5.29. The van der Waals surface area contributed by atoms with Crippen molar-refractivity contribution in [2.75, 3.05) is 19.8 Å². The molecule has 1 aliphatic heterocycles. The van der Waals surface area contributed by atoms with Gasteiger partial charge in [-0.25, -0.2) is 4.98 Å². The van der Waals surface area contributed by atoms with Crippen LogP contribution in [0.25, 0.3) is 22.2 Å². The van der Waals surface area contributed by atoms with Crippen molar-refractivity contribution in [1.82, 2.24) is 9.88 Å². The van der Waals surface area contributed by atoms with Gasteiger partial charge in [0, 0.05) is 10.9 Å². The Morgan fingerprint density at radius 1 is 1.10 bits per heavy atom. The van der Waals surface area contributed by atoms with Crippen molar-refractivity contribution in [1.29, 1.82) is 0 Å². The Balaban J connectivity index is 1.83. The lowest BCUT2D eigenvalue weighted by molar-refractivity contribution is -0.0248. The number of benzene rings is 2. The van der Waals surface area contributed by atoms with Crippen LogP contribution in [-0.2, 0) is 4.74 Å². The number of hydrogen-bond donors (Lipinski definition) is 0. The lowest BCUT2D eigenvalue weighted by Gasteiger charge is -2.39. The fourth-order valence-electron chi connectivity index (χ4n) is 3.96. The largest absolute Gasteiger partial charge is 0.494 e. The Labute approximate surface area is 171 Å². The molecule has 0 unspecified atom stereocenters. The monoisotopic (exact) mass is 390 g/mol. The highest BCUT2D eigenvalue weighted by molar-refractivity contribution is 6.07. The fraction of sp³-hybridized carbons (Fsp3) is 0.333. The zero-order valence-electron chi connectivity index (χ0n) is 17.1. The maximum Gasteiger partial charge on any atom is 0.255 e. The van der Waals surface area contributed by atoms with E-state index in [1.165, 1.54) is 0 Å². The first-order valence-corrected chi connectivity index (χ1v) is 10.1. The van der Waals surface area contributed by atoms with Gasteiger partial charge in [0.05, 0.1) is 48.7 Å². The van der Waals surface area contributed by atoms with Crippen LogP contribution in [0.1, 0.15) is 31.1 Å². The minimum Gasteiger partial charge on any atom is -0.494 e. The lowest BCUT2D eigenvalue weighted by atomic mass is 10.0. The molecular weight excluding hydrogens is 364 g/mol. The molecule has 2 atom stereocenters. The quantitative estimate of drug-likeness (QED) is 0.656. The number of carbonyl (C=O) groups is 1. The average Bonchev–Trinajstić information content (AvgIpc) is 2.73. The Hall–Kier alpha value is -2.92. The Morgan fingerprint density at radius 3 is 2.62 bits per heavy atom. The van der Waals surface area contributed by atoms with E-state index in [-0.39, 0.29) is 18.0 Å². The highest BCUT2D eigenvalue weighted by atomic mass is 16.5. The lowest BCUT2D eigenvalue weighted by Crippen LogP contribution is -2.52. The Morgan fingerprint density at radius 2 is 1.86 bits per heavy atom. The van der Waals surface area contributed by atoms with E-state index < -0.39 is 0 Å². The zero-order chi connectivity index (χ0) is 20.4. The summed E-state index contributed by atoms with van der Waals surface area (Å²) in [5.41, 5.74) is 3.18. The molecule has 0 saturated carbocycles. The maximum absolute atomic E-state index is 13.6. The summed E-state index contributed by atoms with van der Waals surface area (Å²) in [6, 6.07) is 17.6. The van der Waals surface area contributed by atoms with Crippen LogP contribution in [0.2, 0.25) is 0 Å². The number of morpholine rings is 1. The fourth-order valence-corrected chi connectivity index (χ4v) is 3.96. The van der Waals surface area contributed by atoms with Crippen molar-refractivity contribution in [2.45, 2.75) is 32.9 Å². The van der Waals surface area contributed by atoms with Crippen molar-refractivity contribution < 1.29 is 14.3 Å². The molecule has 5 nitrogen and oxygen atoms in total. The smallest absolute Gasteiger partial charge is 0.255 e. The number of fused-ring (bicyclic) bond motifs is 1. The Bertz CT molecular complexity index is 1020. The van der Waals surface area contributed by atoms with Crippen LogP contribution in [0.3, 0.4) is 0 Å². The van der Waals surface area contributed by atoms with E-state index in [4.69, 9.17) is 14.5 Å². The van der Waals surface area contributed by atoms with Gasteiger partial charge in [0.2, 0.25) is 0 Å². The molecule has 5 heteroatoms. The van der Waals surface area contributed by atoms with Gasteiger partial charge in [0.1, 0.15) is 5.75 Å². The standard InChI is InChI=1S/C24H26N2O3/c1-4-29-19-9-7-8-18(12-19)23-13-21(20-10-5-6-11-22(20)25-23)24(27)26-16(2)14-28-15-17(26)3/h5-13,16-17H,4,14-15H2,1-3H3/t16-,17-/m0/s1. The van der Waals surface area contributed by atoms with Crippen LogP contribution >= 0.6 is 0 Å². The number of amides is 1. The van der Waals surface area contributed by atoms with E-state index in [0.29, 0.717) is 25.4 Å². The Kier molecular flexibility index (Phi) is 5.49. The van der Waals surface area contributed by atoms with Gasteiger partial charge in [-0.3, -0.25) is 4.79 Å². The van der Waals surface area contributed by atoms with Gasteiger partial charge in [0.25, 0.3) is 5.91 Å².